The molecular weight excluding hydrogens is 426 g/mol. The first-order valence-electron chi connectivity index (χ1n) is 10.8. The predicted octanol–water partition coefficient (Wildman–Crippen LogP) is 5.90. The standard InChI is InChI=1S/C24H26ClN5O2/c1-3-4-5-6-14-32-20-12-10-19(11-13-20)26-24(31)18-9-7-8-17(15-18)22-27-23-21(25)16(2)28-30(23)29-22/h7-13,15,28H,3-6,14H2,1-2H3,(H,26,31). The van der Waals surface area contributed by atoms with Crippen LogP contribution in [0.15, 0.2) is 48.5 Å². The number of ether oxygens (including phenoxy) is 1. The highest BCUT2D eigenvalue weighted by Crippen LogP contribution is 2.24. The van der Waals surface area contributed by atoms with Crippen molar-refractivity contribution in [3.05, 3.63) is 64.8 Å². The van der Waals surface area contributed by atoms with Crippen molar-refractivity contribution in [2.24, 2.45) is 0 Å². The molecule has 0 bridgehead atoms. The van der Waals surface area contributed by atoms with Crippen LogP contribution in [-0.4, -0.2) is 32.3 Å². The summed E-state index contributed by atoms with van der Waals surface area (Å²) in [5, 5.41) is 10.9. The van der Waals surface area contributed by atoms with E-state index in [0.717, 1.165) is 23.4 Å². The molecule has 0 radical (unpaired) electrons. The zero-order chi connectivity index (χ0) is 22.5. The van der Waals surface area contributed by atoms with E-state index in [2.05, 4.69) is 27.4 Å². The Morgan fingerprint density at radius 2 is 1.97 bits per heavy atom. The van der Waals surface area contributed by atoms with E-state index >= 15 is 0 Å². The van der Waals surface area contributed by atoms with Crippen LogP contribution in [0.1, 0.15) is 48.7 Å². The fourth-order valence-corrected chi connectivity index (χ4v) is 3.55. The molecule has 0 aliphatic heterocycles. The molecule has 0 aliphatic carbocycles. The summed E-state index contributed by atoms with van der Waals surface area (Å²) < 4.78 is 7.29. The van der Waals surface area contributed by atoms with Gasteiger partial charge in [-0.3, -0.25) is 9.89 Å². The maximum Gasteiger partial charge on any atom is 0.255 e. The normalized spacial score (nSPS) is 11.1. The summed E-state index contributed by atoms with van der Waals surface area (Å²) in [6.45, 7) is 4.76. The highest BCUT2D eigenvalue weighted by atomic mass is 35.5. The fourth-order valence-electron chi connectivity index (χ4n) is 3.39. The van der Waals surface area contributed by atoms with Crippen LogP contribution in [0.2, 0.25) is 5.02 Å². The number of carbonyl (C=O) groups is 1. The third kappa shape index (κ3) is 4.94. The number of anilines is 1. The summed E-state index contributed by atoms with van der Waals surface area (Å²) in [4.78, 5) is 17.2. The molecule has 0 atom stereocenters. The van der Waals surface area contributed by atoms with E-state index in [0.29, 0.717) is 34.4 Å². The molecule has 4 aromatic rings. The first kappa shape index (κ1) is 21.9. The number of aromatic amines is 1. The number of rotatable bonds is 9. The topological polar surface area (TPSA) is 84.3 Å². The van der Waals surface area contributed by atoms with Gasteiger partial charge in [-0.2, -0.15) is 4.63 Å². The van der Waals surface area contributed by atoms with E-state index in [1.54, 1.807) is 12.1 Å². The number of halogens is 1. The summed E-state index contributed by atoms with van der Waals surface area (Å²) in [6, 6.07) is 14.6. The third-order valence-electron chi connectivity index (χ3n) is 5.17. The summed E-state index contributed by atoms with van der Waals surface area (Å²) in [7, 11) is 0. The summed E-state index contributed by atoms with van der Waals surface area (Å²) >= 11 is 6.25. The van der Waals surface area contributed by atoms with Gasteiger partial charge in [0.2, 0.25) is 0 Å². The lowest BCUT2D eigenvalue weighted by Crippen LogP contribution is -2.11. The molecule has 0 aliphatic rings. The van der Waals surface area contributed by atoms with Crippen LogP contribution in [0.25, 0.3) is 17.0 Å². The van der Waals surface area contributed by atoms with E-state index in [-0.39, 0.29) is 5.91 Å². The molecular formula is C24H26ClN5O2. The van der Waals surface area contributed by atoms with Crippen molar-refractivity contribution in [3.8, 4) is 17.1 Å². The van der Waals surface area contributed by atoms with Gasteiger partial charge < -0.3 is 10.1 Å². The van der Waals surface area contributed by atoms with Crippen molar-refractivity contribution in [2.75, 3.05) is 11.9 Å². The Hall–Kier alpha value is -3.32. The lowest BCUT2D eigenvalue weighted by atomic mass is 10.1. The minimum Gasteiger partial charge on any atom is -0.494 e. The van der Waals surface area contributed by atoms with Gasteiger partial charge >= 0.3 is 0 Å². The number of fused-ring (bicyclic) bond motifs is 1. The number of carbonyl (C=O) groups excluding carboxylic acids is 1. The number of nitrogens with one attached hydrogen (secondary N) is 2. The van der Waals surface area contributed by atoms with Crippen LogP contribution in [-0.2, 0) is 0 Å². The molecule has 8 heteroatoms. The molecule has 0 saturated carbocycles. The molecule has 0 spiro atoms. The number of hydrogen-bond acceptors (Lipinski definition) is 4. The maximum absolute atomic E-state index is 12.8. The van der Waals surface area contributed by atoms with E-state index < -0.39 is 0 Å². The second-order valence-electron chi connectivity index (χ2n) is 7.69. The quantitative estimate of drug-likeness (QED) is 0.310. The number of benzene rings is 2. The molecule has 2 heterocycles. The van der Waals surface area contributed by atoms with Crippen LogP contribution in [0.3, 0.4) is 0 Å². The van der Waals surface area contributed by atoms with Crippen molar-refractivity contribution in [1.82, 2.24) is 19.8 Å². The Bertz CT molecular complexity index is 1210. The van der Waals surface area contributed by atoms with E-state index in [4.69, 9.17) is 16.3 Å². The van der Waals surface area contributed by atoms with Gasteiger partial charge in [0, 0.05) is 16.8 Å². The molecule has 2 N–H and O–H groups in total. The minimum atomic E-state index is -0.210. The number of unbranched alkanes of at least 4 members (excludes halogenated alkanes) is 3. The Labute approximate surface area is 191 Å². The fraction of sp³-hybridized carbons (Fsp3) is 0.292. The second kappa shape index (κ2) is 9.87. The summed E-state index contributed by atoms with van der Waals surface area (Å²) in [5.41, 5.74) is 3.31. The molecule has 2 aromatic heterocycles. The zero-order valence-corrected chi connectivity index (χ0v) is 18.9. The Morgan fingerprint density at radius 1 is 1.16 bits per heavy atom. The average Bonchev–Trinajstić information content (AvgIpc) is 3.33. The number of nitrogens with zero attached hydrogens (tertiary/aromatic N) is 3. The minimum absolute atomic E-state index is 0.210. The van der Waals surface area contributed by atoms with Crippen LogP contribution in [0.5, 0.6) is 5.75 Å². The van der Waals surface area contributed by atoms with Gasteiger partial charge in [-0.15, -0.1) is 5.10 Å². The highest BCUT2D eigenvalue weighted by molar-refractivity contribution is 6.34. The van der Waals surface area contributed by atoms with Gasteiger partial charge in [0.25, 0.3) is 5.91 Å². The average molecular weight is 452 g/mol. The smallest absolute Gasteiger partial charge is 0.255 e. The number of amides is 1. The number of H-pyrrole nitrogens is 1. The monoisotopic (exact) mass is 451 g/mol. The van der Waals surface area contributed by atoms with E-state index in [1.807, 2.05) is 43.3 Å². The van der Waals surface area contributed by atoms with Gasteiger partial charge in [0.05, 0.1) is 12.3 Å². The van der Waals surface area contributed by atoms with Gasteiger partial charge in [-0.05, 0) is 49.7 Å². The van der Waals surface area contributed by atoms with Gasteiger partial charge in [0.1, 0.15) is 10.8 Å². The van der Waals surface area contributed by atoms with Gasteiger partial charge in [-0.25, -0.2) is 4.98 Å². The van der Waals surface area contributed by atoms with Crippen LogP contribution in [0.4, 0.5) is 5.69 Å². The molecule has 4 rings (SSSR count). The van der Waals surface area contributed by atoms with E-state index in [9.17, 15) is 4.79 Å². The van der Waals surface area contributed by atoms with Crippen LogP contribution in [0, 0.1) is 6.92 Å². The first-order chi connectivity index (χ1) is 15.5. The number of aryl methyl sites for hydroxylation is 1. The SMILES string of the molecule is CCCCCCOc1ccc(NC(=O)c2cccc(-c3nc4c(Cl)c(C)[nH]n4n3)c2)cc1. The van der Waals surface area contributed by atoms with Gasteiger partial charge in [-0.1, -0.05) is 49.9 Å². The largest absolute Gasteiger partial charge is 0.494 e. The molecule has 166 valence electrons. The lowest BCUT2D eigenvalue weighted by molar-refractivity contribution is 0.102. The molecule has 1 amide bonds. The van der Waals surface area contributed by atoms with Crippen molar-refractivity contribution in [2.45, 2.75) is 39.5 Å². The van der Waals surface area contributed by atoms with Crippen molar-refractivity contribution >= 4 is 28.8 Å². The third-order valence-corrected chi connectivity index (χ3v) is 5.62. The van der Waals surface area contributed by atoms with Crippen molar-refractivity contribution < 1.29 is 9.53 Å². The molecule has 0 unspecified atom stereocenters. The second-order valence-corrected chi connectivity index (χ2v) is 8.07. The molecule has 2 aromatic carbocycles. The van der Waals surface area contributed by atoms with Crippen molar-refractivity contribution in [3.63, 3.8) is 0 Å². The molecule has 32 heavy (non-hydrogen) atoms. The van der Waals surface area contributed by atoms with Crippen molar-refractivity contribution in [1.29, 1.82) is 0 Å². The molecule has 0 fully saturated rings. The van der Waals surface area contributed by atoms with Gasteiger partial charge in [0.15, 0.2) is 11.5 Å². The maximum atomic E-state index is 12.8. The van der Waals surface area contributed by atoms with Crippen LogP contribution < -0.4 is 10.1 Å². The Balaban J connectivity index is 1.40. The zero-order valence-electron chi connectivity index (χ0n) is 18.2. The van der Waals surface area contributed by atoms with E-state index in [1.165, 1.54) is 23.9 Å². The van der Waals surface area contributed by atoms with Crippen LogP contribution >= 0.6 is 11.6 Å². The highest BCUT2D eigenvalue weighted by Gasteiger charge is 2.15. The lowest BCUT2D eigenvalue weighted by Gasteiger charge is -2.09. The summed E-state index contributed by atoms with van der Waals surface area (Å²) in [6.07, 6.45) is 4.67. The number of hydrogen-bond donors (Lipinski definition) is 2. The number of aromatic nitrogens is 4. The first-order valence-corrected chi connectivity index (χ1v) is 11.2. The predicted molar refractivity (Wildman–Crippen MR) is 127 cm³/mol. The summed E-state index contributed by atoms with van der Waals surface area (Å²) in [5.74, 6) is 1.09. The Kier molecular flexibility index (Phi) is 6.75. The molecule has 0 saturated heterocycles. The Morgan fingerprint density at radius 3 is 2.72 bits per heavy atom. The molecule has 7 nitrogen and oxygen atoms in total.